The second-order valence-corrected chi connectivity index (χ2v) is 5.12. The van der Waals surface area contributed by atoms with Crippen LogP contribution >= 0.6 is 0 Å². The maximum atomic E-state index is 13.8. The molecule has 1 fully saturated rings. The Morgan fingerprint density at radius 3 is 2.61 bits per heavy atom. The Kier molecular flexibility index (Phi) is 4.30. The third kappa shape index (κ3) is 3.06. The molecule has 1 aromatic rings. The third-order valence-corrected chi connectivity index (χ3v) is 3.67. The highest BCUT2D eigenvalue weighted by Crippen LogP contribution is 2.17. The number of piperidine rings is 1. The molecule has 0 saturated carbocycles. The molecule has 0 aliphatic carbocycles. The van der Waals surface area contributed by atoms with Crippen LogP contribution in [-0.4, -0.2) is 31.1 Å². The molecule has 0 amide bonds. The molecule has 1 aliphatic rings. The summed E-state index contributed by atoms with van der Waals surface area (Å²) in [4.78, 5) is 2.27. The number of halogens is 2. The fraction of sp³-hybridized carbons (Fsp3) is 0.571. The van der Waals surface area contributed by atoms with E-state index in [9.17, 15) is 8.78 Å². The van der Waals surface area contributed by atoms with Crippen molar-refractivity contribution in [2.24, 2.45) is 0 Å². The first-order valence-corrected chi connectivity index (χ1v) is 6.43. The number of aryl methyl sites for hydroxylation is 1. The maximum Gasteiger partial charge on any atom is 0.133 e. The topological polar surface area (TPSA) is 15.3 Å². The van der Waals surface area contributed by atoms with Crippen LogP contribution in [0.5, 0.6) is 0 Å². The maximum absolute atomic E-state index is 13.8. The molecule has 0 aromatic heterocycles. The molecule has 0 radical (unpaired) electrons. The van der Waals surface area contributed by atoms with Gasteiger partial charge in [-0.1, -0.05) is 6.07 Å². The number of nitrogens with zero attached hydrogens (tertiary/aromatic N) is 1. The Morgan fingerprint density at radius 2 is 1.94 bits per heavy atom. The first-order valence-electron chi connectivity index (χ1n) is 6.43. The van der Waals surface area contributed by atoms with Gasteiger partial charge in [0.05, 0.1) is 0 Å². The van der Waals surface area contributed by atoms with Crippen molar-refractivity contribution in [2.45, 2.75) is 32.4 Å². The molecule has 0 atom stereocenters. The van der Waals surface area contributed by atoms with Crippen molar-refractivity contribution < 1.29 is 8.78 Å². The first-order chi connectivity index (χ1) is 8.58. The largest absolute Gasteiger partial charge is 0.310 e. The van der Waals surface area contributed by atoms with Gasteiger partial charge in [-0.25, -0.2) is 8.78 Å². The lowest BCUT2D eigenvalue weighted by molar-refractivity contribution is 0.233. The summed E-state index contributed by atoms with van der Waals surface area (Å²) in [7, 11) is 2.09. The molecule has 0 spiro atoms. The zero-order valence-corrected chi connectivity index (χ0v) is 11.0. The van der Waals surface area contributed by atoms with Crippen molar-refractivity contribution in [1.82, 2.24) is 10.2 Å². The molecule has 1 aliphatic heterocycles. The average Bonchev–Trinajstić information content (AvgIpc) is 2.36. The van der Waals surface area contributed by atoms with Crippen LogP contribution in [0.3, 0.4) is 0 Å². The number of rotatable bonds is 3. The number of hydrogen-bond acceptors (Lipinski definition) is 2. The SMILES string of the molecule is Cc1ccc(F)c(CNC2CCN(C)CC2)c1F. The molecule has 1 aromatic carbocycles. The number of benzene rings is 1. The molecule has 18 heavy (non-hydrogen) atoms. The van der Waals surface area contributed by atoms with Gasteiger partial charge in [0.25, 0.3) is 0 Å². The van der Waals surface area contributed by atoms with Crippen molar-refractivity contribution >= 4 is 0 Å². The molecule has 2 rings (SSSR count). The number of nitrogens with one attached hydrogen (secondary N) is 1. The van der Waals surface area contributed by atoms with Gasteiger partial charge in [-0.2, -0.15) is 0 Å². The van der Waals surface area contributed by atoms with E-state index in [0.717, 1.165) is 25.9 Å². The quantitative estimate of drug-likeness (QED) is 0.891. The van der Waals surface area contributed by atoms with Gasteiger partial charge in [-0.3, -0.25) is 0 Å². The van der Waals surface area contributed by atoms with E-state index >= 15 is 0 Å². The molecule has 2 nitrogen and oxygen atoms in total. The predicted molar refractivity (Wildman–Crippen MR) is 68.5 cm³/mol. The Morgan fingerprint density at radius 1 is 1.28 bits per heavy atom. The lowest BCUT2D eigenvalue weighted by Crippen LogP contribution is -2.40. The zero-order valence-electron chi connectivity index (χ0n) is 11.0. The van der Waals surface area contributed by atoms with Gasteiger partial charge < -0.3 is 10.2 Å². The van der Waals surface area contributed by atoms with E-state index in [-0.39, 0.29) is 12.1 Å². The van der Waals surface area contributed by atoms with Crippen LogP contribution in [0.4, 0.5) is 8.78 Å². The lowest BCUT2D eigenvalue weighted by atomic mass is 10.0. The van der Waals surface area contributed by atoms with Crippen molar-refractivity contribution in [2.75, 3.05) is 20.1 Å². The van der Waals surface area contributed by atoms with Crippen LogP contribution in [0.2, 0.25) is 0 Å². The van der Waals surface area contributed by atoms with Gasteiger partial charge in [-0.15, -0.1) is 0 Å². The van der Waals surface area contributed by atoms with Gasteiger partial charge in [0.2, 0.25) is 0 Å². The van der Waals surface area contributed by atoms with Gasteiger partial charge in [0, 0.05) is 18.2 Å². The fourth-order valence-corrected chi connectivity index (χ4v) is 2.34. The third-order valence-electron chi connectivity index (χ3n) is 3.67. The van der Waals surface area contributed by atoms with Crippen LogP contribution in [0.25, 0.3) is 0 Å². The number of likely N-dealkylation sites (tertiary alicyclic amines) is 1. The molecule has 4 heteroatoms. The Labute approximate surface area is 107 Å². The molecule has 0 unspecified atom stereocenters. The fourth-order valence-electron chi connectivity index (χ4n) is 2.34. The monoisotopic (exact) mass is 254 g/mol. The summed E-state index contributed by atoms with van der Waals surface area (Å²) in [6, 6.07) is 3.17. The Balaban J connectivity index is 1.96. The zero-order chi connectivity index (χ0) is 13.1. The predicted octanol–water partition coefficient (Wildman–Crippen LogP) is 2.46. The summed E-state index contributed by atoms with van der Waals surface area (Å²) >= 11 is 0. The van der Waals surface area contributed by atoms with E-state index in [0.29, 0.717) is 11.6 Å². The highest BCUT2D eigenvalue weighted by Gasteiger charge is 2.18. The second-order valence-electron chi connectivity index (χ2n) is 5.12. The molecule has 1 N–H and O–H groups in total. The minimum Gasteiger partial charge on any atom is -0.310 e. The summed E-state index contributed by atoms with van der Waals surface area (Å²) in [5.41, 5.74) is 0.658. The first kappa shape index (κ1) is 13.4. The van der Waals surface area contributed by atoms with Crippen molar-refractivity contribution in [1.29, 1.82) is 0 Å². The highest BCUT2D eigenvalue weighted by molar-refractivity contribution is 5.26. The van der Waals surface area contributed by atoms with Gasteiger partial charge >= 0.3 is 0 Å². The van der Waals surface area contributed by atoms with Crippen LogP contribution in [0.1, 0.15) is 24.0 Å². The Bertz CT molecular complexity index is 413. The van der Waals surface area contributed by atoms with E-state index in [1.807, 2.05) is 0 Å². The second kappa shape index (κ2) is 5.76. The minimum absolute atomic E-state index is 0.161. The van der Waals surface area contributed by atoms with Crippen LogP contribution < -0.4 is 5.32 Å². The summed E-state index contributed by atoms with van der Waals surface area (Å²) in [6.07, 6.45) is 2.07. The summed E-state index contributed by atoms with van der Waals surface area (Å²) in [5.74, 6) is -0.881. The standard InChI is InChI=1S/C14H20F2N2/c1-10-3-4-13(15)12(14(10)16)9-17-11-5-7-18(2)8-6-11/h3-4,11,17H,5-9H2,1-2H3. The molecular weight excluding hydrogens is 234 g/mol. The van der Waals surface area contributed by atoms with Crippen LogP contribution in [0.15, 0.2) is 12.1 Å². The van der Waals surface area contributed by atoms with Crippen LogP contribution in [-0.2, 0) is 6.54 Å². The Hall–Kier alpha value is -1.00. The molecule has 0 bridgehead atoms. The number of hydrogen-bond donors (Lipinski definition) is 1. The van der Waals surface area contributed by atoms with E-state index in [1.54, 1.807) is 6.92 Å². The van der Waals surface area contributed by atoms with Crippen molar-refractivity contribution in [3.8, 4) is 0 Å². The smallest absolute Gasteiger partial charge is 0.133 e. The highest BCUT2D eigenvalue weighted by atomic mass is 19.1. The summed E-state index contributed by atoms with van der Waals surface area (Å²) < 4.78 is 27.3. The van der Waals surface area contributed by atoms with E-state index in [1.165, 1.54) is 12.1 Å². The summed E-state index contributed by atoms with van der Waals surface area (Å²) in [6.45, 7) is 4.01. The van der Waals surface area contributed by atoms with E-state index < -0.39 is 11.6 Å². The van der Waals surface area contributed by atoms with Crippen molar-refractivity contribution in [3.05, 3.63) is 34.9 Å². The molecule has 100 valence electrons. The van der Waals surface area contributed by atoms with Crippen molar-refractivity contribution in [3.63, 3.8) is 0 Å². The molecule has 1 saturated heterocycles. The summed E-state index contributed by atoms with van der Waals surface area (Å²) in [5, 5.41) is 3.26. The lowest BCUT2D eigenvalue weighted by Gasteiger charge is -2.29. The minimum atomic E-state index is -0.460. The van der Waals surface area contributed by atoms with E-state index in [4.69, 9.17) is 0 Å². The normalized spacial score (nSPS) is 18.2. The van der Waals surface area contributed by atoms with Gasteiger partial charge in [0.15, 0.2) is 0 Å². The average molecular weight is 254 g/mol. The van der Waals surface area contributed by atoms with Crippen LogP contribution in [0, 0.1) is 18.6 Å². The van der Waals surface area contributed by atoms with Gasteiger partial charge in [-0.05, 0) is 51.5 Å². The van der Waals surface area contributed by atoms with E-state index in [2.05, 4.69) is 17.3 Å². The van der Waals surface area contributed by atoms with Gasteiger partial charge in [0.1, 0.15) is 11.6 Å². The molecule has 1 heterocycles. The molecular formula is C14H20F2N2.